The van der Waals surface area contributed by atoms with Gasteiger partial charge in [0.15, 0.2) is 0 Å². The van der Waals surface area contributed by atoms with Crippen LogP contribution in [0, 0.1) is 0 Å². The van der Waals surface area contributed by atoms with Crippen LogP contribution in [0.5, 0.6) is 5.75 Å². The van der Waals surface area contributed by atoms with Gasteiger partial charge in [0.2, 0.25) is 5.91 Å². The highest BCUT2D eigenvalue weighted by Crippen LogP contribution is 2.32. The number of ether oxygens (including phenoxy) is 1. The van der Waals surface area contributed by atoms with E-state index in [1.807, 2.05) is 49.4 Å². The number of likely N-dealkylation sites (N-methyl/N-ethyl adjacent to an activating group) is 1. The summed E-state index contributed by atoms with van der Waals surface area (Å²) in [6.07, 6.45) is -1.80. The minimum absolute atomic E-state index is 0.0126. The van der Waals surface area contributed by atoms with Gasteiger partial charge < -0.3 is 9.64 Å². The fourth-order valence-corrected chi connectivity index (χ4v) is 4.85. The summed E-state index contributed by atoms with van der Waals surface area (Å²) in [5, 5.41) is 0. The average molecular weight is 525 g/mol. The molecule has 0 aromatic heterocycles. The Morgan fingerprint density at radius 3 is 2.16 bits per heavy atom. The van der Waals surface area contributed by atoms with Crippen LogP contribution < -0.4 is 4.74 Å². The molecule has 1 unspecified atom stereocenters. The molecular formula is C31H35F3N2O2. The van der Waals surface area contributed by atoms with E-state index in [2.05, 4.69) is 17.0 Å². The van der Waals surface area contributed by atoms with Crippen molar-refractivity contribution in [3.8, 4) is 5.75 Å². The summed E-state index contributed by atoms with van der Waals surface area (Å²) in [7, 11) is 1.78. The molecule has 1 aliphatic rings. The van der Waals surface area contributed by atoms with E-state index in [9.17, 15) is 18.0 Å². The first kappa shape index (κ1) is 27.7. The molecule has 3 aromatic rings. The van der Waals surface area contributed by atoms with Crippen molar-refractivity contribution in [3.63, 3.8) is 0 Å². The molecule has 4 rings (SSSR count). The van der Waals surface area contributed by atoms with Gasteiger partial charge in [-0.3, -0.25) is 9.69 Å². The van der Waals surface area contributed by atoms with E-state index in [-0.39, 0.29) is 11.8 Å². The summed E-state index contributed by atoms with van der Waals surface area (Å²) in [5.41, 5.74) is 2.42. The van der Waals surface area contributed by atoms with Crippen molar-refractivity contribution in [2.45, 2.75) is 50.9 Å². The zero-order valence-corrected chi connectivity index (χ0v) is 22.0. The molecule has 0 spiro atoms. The molecule has 0 radical (unpaired) electrons. The fourth-order valence-electron chi connectivity index (χ4n) is 4.85. The van der Waals surface area contributed by atoms with Crippen LogP contribution >= 0.6 is 0 Å². The van der Waals surface area contributed by atoms with Crippen LogP contribution in [-0.4, -0.2) is 42.4 Å². The lowest BCUT2D eigenvalue weighted by molar-refractivity contribution is -0.137. The van der Waals surface area contributed by atoms with Gasteiger partial charge in [0.1, 0.15) is 11.9 Å². The molecule has 1 amide bonds. The van der Waals surface area contributed by atoms with Crippen molar-refractivity contribution in [1.82, 2.24) is 9.80 Å². The predicted molar refractivity (Wildman–Crippen MR) is 143 cm³/mol. The number of hydrogen-bond acceptors (Lipinski definition) is 3. The molecule has 1 aliphatic heterocycles. The average Bonchev–Trinajstić information content (AvgIpc) is 3.44. The largest absolute Gasteiger partial charge is 0.486 e. The number of amides is 1. The number of rotatable bonds is 10. The fraction of sp³-hybridized carbons (Fsp3) is 0.387. The van der Waals surface area contributed by atoms with Gasteiger partial charge >= 0.3 is 6.18 Å². The molecule has 38 heavy (non-hydrogen) atoms. The Balaban J connectivity index is 1.37. The molecule has 4 nitrogen and oxygen atoms in total. The third kappa shape index (κ3) is 7.38. The van der Waals surface area contributed by atoms with Gasteiger partial charge in [-0.2, -0.15) is 13.2 Å². The van der Waals surface area contributed by atoms with E-state index in [1.165, 1.54) is 30.5 Å². The first-order valence-corrected chi connectivity index (χ1v) is 13.2. The number of carbonyl (C=O) groups excluding carboxylic acids is 1. The van der Waals surface area contributed by atoms with E-state index < -0.39 is 17.8 Å². The summed E-state index contributed by atoms with van der Waals surface area (Å²) in [6, 6.07) is 22.5. The monoisotopic (exact) mass is 524 g/mol. The van der Waals surface area contributed by atoms with Crippen LogP contribution in [-0.2, 0) is 17.5 Å². The van der Waals surface area contributed by atoms with Crippen LogP contribution in [0.2, 0.25) is 0 Å². The van der Waals surface area contributed by atoms with Gasteiger partial charge in [0.05, 0.1) is 11.5 Å². The maximum absolute atomic E-state index is 13.2. The maximum Gasteiger partial charge on any atom is 0.416 e. The lowest BCUT2D eigenvalue weighted by atomic mass is 9.98. The van der Waals surface area contributed by atoms with Crippen molar-refractivity contribution < 1.29 is 22.7 Å². The van der Waals surface area contributed by atoms with Gasteiger partial charge in [-0.15, -0.1) is 0 Å². The Kier molecular flexibility index (Phi) is 9.10. The highest BCUT2D eigenvalue weighted by atomic mass is 19.4. The molecule has 202 valence electrons. The third-order valence-electron chi connectivity index (χ3n) is 7.19. The van der Waals surface area contributed by atoms with Gasteiger partial charge in [-0.05, 0) is 73.8 Å². The number of halogens is 3. The summed E-state index contributed by atoms with van der Waals surface area (Å²) < 4.78 is 44.9. The van der Waals surface area contributed by atoms with E-state index in [0.717, 1.165) is 42.9 Å². The Hall–Kier alpha value is -3.32. The van der Waals surface area contributed by atoms with Crippen molar-refractivity contribution in [2.24, 2.45) is 0 Å². The normalized spacial score (nSPS) is 15.7. The van der Waals surface area contributed by atoms with Crippen LogP contribution in [0.25, 0.3) is 0 Å². The second kappa shape index (κ2) is 12.5. The van der Waals surface area contributed by atoms with Gasteiger partial charge in [0, 0.05) is 26.6 Å². The van der Waals surface area contributed by atoms with Gasteiger partial charge in [-0.25, -0.2) is 0 Å². The molecule has 0 saturated carbocycles. The summed E-state index contributed by atoms with van der Waals surface area (Å²) >= 11 is 0. The zero-order valence-electron chi connectivity index (χ0n) is 22.0. The van der Waals surface area contributed by atoms with Crippen molar-refractivity contribution in [3.05, 3.63) is 101 Å². The van der Waals surface area contributed by atoms with Crippen LogP contribution in [0.4, 0.5) is 13.2 Å². The number of alkyl halides is 3. The zero-order chi connectivity index (χ0) is 27.1. The van der Waals surface area contributed by atoms with Crippen molar-refractivity contribution in [1.29, 1.82) is 0 Å². The van der Waals surface area contributed by atoms with Crippen LogP contribution in [0.3, 0.4) is 0 Å². The Morgan fingerprint density at radius 2 is 1.55 bits per heavy atom. The number of carbonyl (C=O) groups is 1. The van der Waals surface area contributed by atoms with Crippen molar-refractivity contribution in [2.75, 3.05) is 26.7 Å². The SMILES string of the molecule is CC(C(=O)N(C)CC[C@H](Oc1ccc(C(F)(F)F)cc1)c1ccccc1)c1ccc(CN2CCCC2)cc1. The topological polar surface area (TPSA) is 32.8 Å². The van der Waals surface area contributed by atoms with E-state index >= 15 is 0 Å². The lowest BCUT2D eigenvalue weighted by Crippen LogP contribution is -2.32. The minimum atomic E-state index is -4.40. The van der Waals surface area contributed by atoms with Gasteiger partial charge in [0.25, 0.3) is 0 Å². The van der Waals surface area contributed by atoms with Crippen LogP contribution in [0.15, 0.2) is 78.9 Å². The third-order valence-corrected chi connectivity index (χ3v) is 7.19. The highest BCUT2D eigenvalue weighted by molar-refractivity contribution is 5.83. The second-order valence-corrected chi connectivity index (χ2v) is 10.0. The molecule has 0 aliphatic carbocycles. The minimum Gasteiger partial charge on any atom is -0.486 e. The second-order valence-electron chi connectivity index (χ2n) is 10.0. The summed E-state index contributed by atoms with van der Waals surface area (Å²) in [6.45, 7) is 5.60. The summed E-state index contributed by atoms with van der Waals surface area (Å²) in [5.74, 6) is 0.0775. The quantitative estimate of drug-likeness (QED) is 0.284. The first-order valence-electron chi connectivity index (χ1n) is 13.2. The lowest BCUT2D eigenvalue weighted by Gasteiger charge is -2.25. The van der Waals surface area contributed by atoms with Crippen molar-refractivity contribution >= 4 is 5.91 Å². The maximum atomic E-state index is 13.2. The molecule has 1 fully saturated rings. The number of nitrogens with zero attached hydrogens (tertiary/aromatic N) is 2. The highest BCUT2D eigenvalue weighted by Gasteiger charge is 2.30. The smallest absolute Gasteiger partial charge is 0.416 e. The van der Waals surface area contributed by atoms with E-state index in [1.54, 1.807) is 11.9 Å². The molecule has 0 N–H and O–H groups in total. The molecule has 3 aromatic carbocycles. The first-order chi connectivity index (χ1) is 18.2. The predicted octanol–water partition coefficient (Wildman–Crippen LogP) is 7.07. The number of hydrogen-bond donors (Lipinski definition) is 0. The molecule has 1 heterocycles. The molecule has 7 heteroatoms. The Morgan fingerprint density at radius 1 is 0.921 bits per heavy atom. The number of likely N-dealkylation sites (tertiary alicyclic amines) is 1. The number of benzene rings is 3. The molecule has 2 atom stereocenters. The molecule has 1 saturated heterocycles. The van der Waals surface area contributed by atoms with E-state index in [0.29, 0.717) is 18.7 Å². The summed E-state index contributed by atoms with van der Waals surface area (Å²) in [4.78, 5) is 17.4. The Labute approximate surface area is 223 Å². The van der Waals surface area contributed by atoms with E-state index in [4.69, 9.17) is 4.74 Å². The Bertz CT molecular complexity index is 1160. The van der Waals surface area contributed by atoms with Gasteiger partial charge in [-0.1, -0.05) is 54.6 Å². The standard InChI is InChI=1S/C31H35F3N2O2/c1-23(25-12-10-24(11-13-25)22-36-19-6-7-20-36)30(37)35(2)21-18-29(26-8-4-3-5-9-26)38-28-16-14-27(15-17-28)31(32,33)34/h3-5,8-17,23,29H,6-7,18-22H2,1-2H3/t23?,29-/m0/s1. The molecule has 0 bridgehead atoms. The molecular weight excluding hydrogens is 489 g/mol. The van der Waals surface area contributed by atoms with Crippen LogP contribution in [0.1, 0.15) is 60.5 Å².